The number of ether oxygens (including phenoxy) is 3. The fourth-order valence-electron chi connectivity index (χ4n) is 3.01. The van der Waals surface area contributed by atoms with Crippen LogP contribution in [0, 0.1) is 11.3 Å². The number of rotatable bonds is 4. The van der Waals surface area contributed by atoms with Crippen LogP contribution in [0.4, 0.5) is 9.80 Å². The number of nitrogens with zero attached hydrogens (tertiary/aromatic N) is 2. The van der Waals surface area contributed by atoms with Crippen molar-refractivity contribution in [1.82, 2.24) is 4.90 Å². The molecule has 1 aromatic carbocycles. The van der Waals surface area contributed by atoms with Gasteiger partial charge in [0.1, 0.15) is 22.6 Å². The molecule has 2 aromatic rings. The highest BCUT2D eigenvalue weighted by Crippen LogP contribution is 2.37. The van der Waals surface area contributed by atoms with Crippen LogP contribution >= 0.6 is 11.3 Å². The molecule has 0 aliphatic carbocycles. The van der Waals surface area contributed by atoms with E-state index in [0.29, 0.717) is 47.1 Å². The molecule has 146 valence electrons. The van der Waals surface area contributed by atoms with Crippen molar-refractivity contribution < 1.29 is 23.8 Å². The Hall–Kier alpha value is -3.25. The first kappa shape index (κ1) is 19.5. The van der Waals surface area contributed by atoms with Crippen LogP contribution in [0.3, 0.4) is 0 Å². The van der Waals surface area contributed by atoms with Crippen molar-refractivity contribution in [2.24, 2.45) is 0 Å². The Morgan fingerprint density at radius 2 is 1.86 bits per heavy atom. The van der Waals surface area contributed by atoms with E-state index in [1.807, 2.05) is 0 Å². The highest BCUT2D eigenvalue weighted by Gasteiger charge is 2.28. The Bertz CT molecular complexity index is 941. The number of fused-ring (bicyclic) bond motifs is 1. The fraction of sp³-hybridized carbons (Fsp3) is 0.316. The van der Waals surface area contributed by atoms with Crippen LogP contribution in [0.2, 0.25) is 0 Å². The van der Waals surface area contributed by atoms with Gasteiger partial charge in [-0.2, -0.15) is 5.26 Å². The predicted octanol–water partition coefficient (Wildman–Crippen LogP) is 3.01. The van der Waals surface area contributed by atoms with Crippen molar-refractivity contribution in [3.63, 3.8) is 0 Å². The summed E-state index contributed by atoms with van der Waals surface area (Å²) in [6.45, 7) is 0.815. The van der Waals surface area contributed by atoms with Gasteiger partial charge in [-0.25, -0.2) is 4.79 Å². The van der Waals surface area contributed by atoms with E-state index >= 15 is 0 Å². The van der Waals surface area contributed by atoms with Gasteiger partial charge in [-0.05, 0) is 24.1 Å². The van der Waals surface area contributed by atoms with Gasteiger partial charge in [0.25, 0.3) is 5.91 Å². The monoisotopic (exact) mass is 401 g/mol. The Morgan fingerprint density at radius 3 is 2.43 bits per heavy atom. The summed E-state index contributed by atoms with van der Waals surface area (Å²) in [5.41, 5.74) is 1.65. The first-order chi connectivity index (χ1) is 13.5. The molecule has 0 radical (unpaired) electrons. The molecule has 0 saturated carbocycles. The molecule has 0 unspecified atom stereocenters. The van der Waals surface area contributed by atoms with Crippen LogP contribution in [0.15, 0.2) is 18.2 Å². The minimum absolute atomic E-state index is 0.350. The summed E-state index contributed by atoms with van der Waals surface area (Å²) in [6.07, 6.45) is 0.124. The molecule has 3 rings (SSSR count). The highest BCUT2D eigenvalue weighted by molar-refractivity contribution is 7.16. The molecule has 9 heteroatoms. The number of benzene rings is 1. The van der Waals surface area contributed by atoms with Crippen LogP contribution in [0.25, 0.3) is 0 Å². The van der Waals surface area contributed by atoms with Crippen LogP contribution in [0.1, 0.15) is 26.4 Å². The minimum atomic E-state index is -0.411. The second-order valence-electron chi connectivity index (χ2n) is 6.02. The Balaban J connectivity index is 1.88. The number of nitrogens with one attached hydrogen (secondary N) is 1. The van der Waals surface area contributed by atoms with Gasteiger partial charge >= 0.3 is 6.09 Å². The van der Waals surface area contributed by atoms with Crippen molar-refractivity contribution in [2.75, 3.05) is 33.2 Å². The average Bonchev–Trinajstić information content (AvgIpc) is 3.08. The van der Waals surface area contributed by atoms with Gasteiger partial charge in [0, 0.05) is 23.1 Å². The third-order valence-electron chi connectivity index (χ3n) is 4.44. The molecule has 1 aliphatic rings. The number of methoxy groups -OCH3 is 3. The van der Waals surface area contributed by atoms with Gasteiger partial charge in [0.15, 0.2) is 0 Å². The molecule has 0 atom stereocenters. The zero-order valence-corrected chi connectivity index (χ0v) is 16.5. The lowest BCUT2D eigenvalue weighted by Crippen LogP contribution is -2.35. The molecule has 2 heterocycles. The second kappa shape index (κ2) is 8.19. The normalized spacial score (nSPS) is 12.6. The molecule has 0 fully saturated rings. The van der Waals surface area contributed by atoms with Crippen LogP contribution in [-0.2, 0) is 17.7 Å². The summed E-state index contributed by atoms with van der Waals surface area (Å²) in [7, 11) is 4.34. The van der Waals surface area contributed by atoms with Crippen molar-refractivity contribution in [3.05, 3.63) is 39.8 Å². The van der Waals surface area contributed by atoms with E-state index in [2.05, 4.69) is 11.4 Å². The third-order valence-corrected chi connectivity index (χ3v) is 5.57. The minimum Gasteiger partial charge on any atom is -0.497 e. The van der Waals surface area contributed by atoms with E-state index in [1.54, 1.807) is 23.1 Å². The standard InChI is InChI=1S/C19H19N3O5S/c1-25-12-6-11(7-13(8-12)26-2)17(23)21-18-15(9-20)14-4-5-22(19(24)27-3)10-16(14)28-18/h6-8H,4-5,10H2,1-3H3,(H,21,23). The lowest BCUT2D eigenvalue weighted by Gasteiger charge is -2.25. The largest absolute Gasteiger partial charge is 0.497 e. The molecule has 0 bridgehead atoms. The lowest BCUT2D eigenvalue weighted by atomic mass is 10.0. The Labute approximate surface area is 166 Å². The summed E-state index contributed by atoms with van der Waals surface area (Å²) in [5.74, 6) is 0.602. The van der Waals surface area contributed by atoms with Crippen LogP contribution in [0.5, 0.6) is 11.5 Å². The lowest BCUT2D eigenvalue weighted by molar-refractivity contribution is 0.102. The molecule has 8 nitrogen and oxygen atoms in total. The van der Waals surface area contributed by atoms with Crippen LogP contribution < -0.4 is 14.8 Å². The molecule has 1 N–H and O–H groups in total. The second-order valence-corrected chi connectivity index (χ2v) is 7.12. The summed E-state index contributed by atoms with van der Waals surface area (Å²) in [5, 5.41) is 12.9. The Kier molecular flexibility index (Phi) is 5.70. The summed E-state index contributed by atoms with van der Waals surface area (Å²) < 4.78 is 15.2. The number of hydrogen-bond acceptors (Lipinski definition) is 7. The van der Waals surface area contributed by atoms with Gasteiger partial charge in [-0.1, -0.05) is 0 Å². The van der Waals surface area contributed by atoms with Gasteiger partial charge in [-0.15, -0.1) is 11.3 Å². The summed E-state index contributed by atoms with van der Waals surface area (Å²) in [6, 6.07) is 7.03. The first-order valence-electron chi connectivity index (χ1n) is 8.42. The Morgan fingerprint density at radius 1 is 1.18 bits per heavy atom. The number of amides is 2. The van der Waals surface area contributed by atoms with E-state index in [0.717, 1.165) is 10.4 Å². The van der Waals surface area contributed by atoms with Crippen molar-refractivity contribution in [1.29, 1.82) is 5.26 Å². The van der Waals surface area contributed by atoms with E-state index in [9.17, 15) is 14.9 Å². The van der Waals surface area contributed by atoms with E-state index < -0.39 is 6.09 Å². The van der Waals surface area contributed by atoms with Crippen LogP contribution in [-0.4, -0.2) is 44.8 Å². The maximum atomic E-state index is 12.7. The smallest absolute Gasteiger partial charge is 0.409 e. The number of hydrogen-bond donors (Lipinski definition) is 1. The molecule has 0 saturated heterocycles. The fourth-order valence-corrected chi connectivity index (χ4v) is 4.22. The van der Waals surface area contributed by atoms with Crippen molar-refractivity contribution >= 4 is 28.3 Å². The number of thiophene rings is 1. The zero-order chi connectivity index (χ0) is 20.3. The number of carbonyl (C=O) groups is 2. The number of nitriles is 1. The van der Waals surface area contributed by atoms with Gasteiger partial charge < -0.3 is 24.4 Å². The first-order valence-corrected chi connectivity index (χ1v) is 9.24. The quantitative estimate of drug-likeness (QED) is 0.845. The maximum absolute atomic E-state index is 12.7. The third kappa shape index (κ3) is 3.73. The van der Waals surface area contributed by atoms with Gasteiger partial charge in [-0.3, -0.25) is 4.79 Å². The number of carbonyl (C=O) groups excluding carboxylic acids is 2. The maximum Gasteiger partial charge on any atom is 0.409 e. The van der Waals surface area contributed by atoms with Gasteiger partial charge in [0.2, 0.25) is 0 Å². The molecular formula is C19H19N3O5S. The number of anilines is 1. The molecule has 1 aromatic heterocycles. The molecule has 28 heavy (non-hydrogen) atoms. The molecule has 0 spiro atoms. The summed E-state index contributed by atoms with van der Waals surface area (Å²) >= 11 is 1.29. The van der Waals surface area contributed by atoms with Crippen molar-refractivity contribution in [2.45, 2.75) is 13.0 Å². The average molecular weight is 401 g/mol. The van der Waals surface area contributed by atoms with E-state index in [-0.39, 0.29) is 5.91 Å². The topological polar surface area (TPSA) is 101 Å². The molecule has 2 amide bonds. The predicted molar refractivity (Wildman–Crippen MR) is 103 cm³/mol. The van der Waals surface area contributed by atoms with Gasteiger partial charge in [0.05, 0.1) is 33.4 Å². The molecular weight excluding hydrogens is 382 g/mol. The van der Waals surface area contributed by atoms with Crippen molar-refractivity contribution in [3.8, 4) is 17.6 Å². The highest BCUT2D eigenvalue weighted by atomic mass is 32.1. The SMILES string of the molecule is COC(=O)N1CCc2c(sc(NC(=O)c3cc(OC)cc(OC)c3)c2C#N)C1. The summed E-state index contributed by atoms with van der Waals surface area (Å²) in [4.78, 5) is 26.9. The molecule has 1 aliphatic heterocycles. The van der Waals surface area contributed by atoms with E-state index in [1.165, 1.54) is 32.7 Å². The zero-order valence-electron chi connectivity index (χ0n) is 15.7. The van der Waals surface area contributed by atoms with E-state index in [4.69, 9.17) is 14.2 Å².